The predicted molar refractivity (Wildman–Crippen MR) is 115 cm³/mol. The zero-order valence-electron chi connectivity index (χ0n) is 16.2. The van der Waals surface area contributed by atoms with Crippen molar-refractivity contribution >= 4 is 28.1 Å². The molecule has 0 aliphatic rings. The average Bonchev–Trinajstić information content (AvgIpc) is 2.71. The highest BCUT2D eigenvalue weighted by Gasteiger charge is 2.08. The number of nitrogens with one attached hydrogen (secondary N) is 1. The van der Waals surface area contributed by atoms with Gasteiger partial charge in [0.2, 0.25) is 0 Å². The maximum Gasteiger partial charge on any atom is 0.254 e. The number of pyridine rings is 1. The maximum atomic E-state index is 12.0. The van der Waals surface area contributed by atoms with Gasteiger partial charge in [0.25, 0.3) is 5.56 Å². The minimum absolute atomic E-state index is 0.0872. The lowest BCUT2D eigenvalue weighted by Crippen LogP contribution is -2.16. The maximum absolute atomic E-state index is 12.0. The summed E-state index contributed by atoms with van der Waals surface area (Å²) in [4.78, 5) is 20.6. The first-order chi connectivity index (χ1) is 14.0. The molecular formula is C22H21N5O2. The first-order valence-electron chi connectivity index (χ1n) is 9.30. The van der Waals surface area contributed by atoms with Gasteiger partial charge in [-0.1, -0.05) is 0 Å². The number of hydrogen-bond acceptors (Lipinski definition) is 6. The quantitative estimate of drug-likeness (QED) is 0.498. The van der Waals surface area contributed by atoms with Gasteiger partial charge >= 0.3 is 0 Å². The lowest BCUT2D eigenvalue weighted by Gasteiger charge is -2.13. The van der Waals surface area contributed by atoms with Crippen molar-refractivity contribution < 1.29 is 4.74 Å². The normalized spacial score (nSPS) is 10.8. The first kappa shape index (κ1) is 18.5. The zero-order valence-corrected chi connectivity index (χ0v) is 16.2. The summed E-state index contributed by atoms with van der Waals surface area (Å²) in [6.45, 7) is 4.50. The number of nitrogens with two attached hydrogens (primary N) is 1. The van der Waals surface area contributed by atoms with E-state index < -0.39 is 0 Å². The molecule has 0 aliphatic carbocycles. The molecule has 7 heteroatoms. The Morgan fingerprint density at radius 2 is 1.97 bits per heavy atom. The predicted octanol–water partition coefficient (Wildman–Crippen LogP) is 4.24. The van der Waals surface area contributed by atoms with Gasteiger partial charge in [0.05, 0.1) is 5.52 Å². The van der Waals surface area contributed by atoms with Crippen LogP contribution in [0.15, 0.2) is 65.8 Å². The van der Waals surface area contributed by atoms with E-state index in [1.54, 1.807) is 16.8 Å². The Bertz CT molecular complexity index is 1250. The second-order valence-corrected chi connectivity index (χ2v) is 6.69. The van der Waals surface area contributed by atoms with Crippen molar-refractivity contribution in [2.24, 2.45) is 0 Å². The number of nitrogens with zero attached hydrogens (tertiary/aromatic N) is 3. The van der Waals surface area contributed by atoms with Crippen LogP contribution in [0.1, 0.15) is 12.5 Å². The largest absolute Gasteiger partial charge is 0.457 e. The van der Waals surface area contributed by atoms with Gasteiger partial charge in [-0.25, -0.2) is 9.97 Å². The van der Waals surface area contributed by atoms with E-state index in [1.165, 1.54) is 12.4 Å². The lowest BCUT2D eigenvalue weighted by molar-refractivity contribution is 0.475. The van der Waals surface area contributed by atoms with E-state index >= 15 is 0 Å². The summed E-state index contributed by atoms with van der Waals surface area (Å²) in [5, 5.41) is 4.16. The number of ether oxygens (including phenoxy) is 1. The first-order valence-corrected chi connectivity index (χ1v) is 9.30. The summed E-state index contributed by atoms with van der Waals surface area (Å²) in [6.07, 6.45) is 3.25. The summed E-state index contributed by atoms with van der Waals surface area (Å²) >= 11 is 0. The molecule has 0 atom stereocenters. The molecule has 2 aromatic heterocycles. The van der Waals surface area contributed by atoms with Crippen molar-refractivity contribution in [2.75, 3.05) is 11.1 Å². The van der Waals surface area contributed by atoms with Gasteiger partial charge in [0, 0.05) is 35.6 Å². The Balaban J connectivity index is 1.59. The van der Waals surface area contributed by atoms with E-state index in [0.717, 1.165) is 22.2 Å². The van der Waals surface area contributed by atoms with E-state index in [0.29, 0.717) is 29.5 Å². The summed E-state index contributed by atoms with van der Waals surface area (Å²) in [5.41, 5.74) is 9.07. The molecule has 0 saturated carbocycles. The van der Waals surface area contributed by atoms with E-state index in [-0.39, 0.29) is 5.56 Å². The molecule has 4 aromatic rings. The Labute approximate surface area is 167 Å². The van der Waals surface area contributed by atoms with Gasteiger partial charge in [-0.05, 0) is 61.9 Å². The molecule has 0 bridgehead atoms. The highest BCUT2D eigenvalue weighted by atomic mass is 16.5. The van der Waals surface area contributed by atoms with Crippen LogP contribution in [-0.2, 0) is 6.54 Å². The second-order valence-electron chi connectivity index (χ2n) is 6.69. The van der Waals surface area contributed by atoms with Gasteiger partial charge in [0.1, 0.15) is 23.6 Å². The highest BCUT2D eigenvalue weighted by molar-refractivity contribution is 5.92. The smallest absolute Gasteiger partial charge is 0.254 e. The third-order valence-electron chi connectivity index (χ3n) is 4.63. The van der Waals surface area contributed by atoms with Gasteiger partial charge in [-0.2, -0.15) is 0 Å². The van der Waals surface area contributed by atoms with Crippen LogP contribution in [0.25, 0.3) is 10.9 Å². The molecule has 2 heterocycles. The van der Waals surface area contributed by atoms with Gasteiger partial charge in [-0.15, -0.1) is 0 Å². The van der Waals surface area contributed by atoms with E-state index in [1.807, 2.05) is 50.2 Å². The topological polar surface area (TPSA) is 95.1 Å². The van der Waals surface area contributed by atoms with Crippen LogP contribution in [0.3, 0.4) is 0 Å². The monoisotopic (exact) mass is 387 g/mol. The number of aromatic nitrogens is 3. The molecule has 0 fully saturated rings. The van der Waals surface area contributed by atoms with E-state index in [4.69, 9.17) is 10.5 Å². The van der Waals surface area contributed by atoms with Crippen LogP contribution >= 0.6 is 0 Å². The summed E-state index contributed by atoms with van der Waals surface area (Å²) in [6, 6.07) is 14.5. The summed E-state index contributed by atoms with van der Waals surface area (Å²) < 4.78 is 7.51. The third-order valence-corrected chi connectivity index (χ3v) is 4.63. The molecule has 3 N–H and O–H groups in total. The van der Waals surface area contributed by atoms with Gasteiger partial charge in [-0.3, -0.25) is 4.79 Å². The van der Waals surface area contributed by atoms with Crippen LogP contribution < -0.4 is 21.3 Å². The van der Waals surface area contributed by atoms with E-state index in [9.17, 15) is 4.79 Å². The van der Waals surface area contributed by atoms with Crippen LogP contribution in [0.2, 0.25) is 0 Å². The van der Waals surface area contributed by atoms with Crippen molar-refractivity contribution in [3.05, 3.63) is 77.0 Å². The Morgan fingerprint density at radius 3 is 2.72 bits per heavy atom. The number of anilines is 3. The minimum atomic E-state index is -0.0872. The highest BCUT2D eigenvalue weighted by Crippen LogP contribution is 2.29. The number of nitrogen functional groups attached to an aromatic ring is 1. The summed E-state index contributed by atoms with van der Waals surface area (Å²) in [7, 11) is 0. The molecule has 0 saturated heterocycles. The van der Waals surface area contributed by atoms with Crippen LogP contribution in [0.5, 0.6) is 11.5 Å². The molecule has 29 heavy (non-hydrogen) atoms. The van der Waals surface area contributed by atoms with Crippen LogP contribution in [0.4, 0.5) is 17.2 Å². The fourth-order valence-corrected chi connectivity index (χ4v) is 3.09. The van der Waals surface area contributed by atoms with Crippen molar-refractivity contribution in [1.29, 1.82) is 0 Å². The molecule has 0 amide bonds. The fourth-order valence-electron chi connectivity index (χ4n) is 3.09. The molecule has 7 nitrogen and oxygen atoms in total. The van der Waals surface area contributed by atoms with E-state index in [2.05, 4.69) is 15.3 Å². The average molecular weight is 387 g/mol. The van der Waals surface area contributed by atoms with Crippen molar-refractivity contribution in [3.63, 3.8) is 0 Å². The van der Waals surface area contributed by atoms with Crippen LogP contribution in [0, 0.1) is 6.92 Å². The number of rotatable bonds is 5. The molecule has 146 valence electrons. The number of hydrogen-bond donors (Lipinski definition) is 2. The van der Waals surface area contributed by atoms with Gasteiger partial charge in [0.15, 0.2) is 0 Å². The van der Waals surface area contributed by atoms with Crippen LogP contribution in [-0.4, -0.2) is 14.5 Å². The zero-order chi connectivity index (χ0) is 20.4. The third kappa shape index (κ3) is 3.89. The molecule has 4 rings (SSSR count). The number of fused-ring (bicyclic) bond motifs is 1. The summed E-state index contributed by atoms with van der Waals surface area (Å²) in [5.74, 6) is 1.88. The Kier molecular flexibility index (Phi) is 4.87. The van der Waals surface area contributed by atoms with Crippen molar-refractivity contribution in [2.45, 2.75) is 20.4 Å². The SMILES string of the molecule is CCn1ccc(Oc2ccc(Nc3ncnc4ccc(N)cc34)cc2C)cc1=O. The Hall–Kier alpha value is -3.87. The lowest BCUT2D eigenvalue weighted by atomic mass is 10.2. The Morgan fingerprint density at radius 1 is 1.10 bits per heavy atom. The number of aryl methyl sites for hydroxylation is 2. The van der Waals surface area contributed by atoms with Gasteiger partial charge < -0.3 is 20.4 Å². The van der Waals surface area contributed by atoms with Crippen molar-refractivity contribution in [1.82, 2.24) is 14.5 Å². The molecule has 0 unspecified atom stereocenters. The molecule has 0 aliphatic heterocycles. The fraction of sp³-hybridized carbons (Fsp3) is 0.136. The number of benzene rings is 2. The minimum Gasteiger partial charge on any atom is -0.457 e. The molecule has 0 spiro atoms. The van der Waals surface area contributed by atoms with Crippen molar-refractivity contribution in [3.8, 4) is 11.5 Å². The standard InChI is InChI=1S/C22H21N5O2/c1-3-27-9-8-17(12-21(27)28)29-20-7-5-16(10-14(20)2)26-22-18-11-15(23)4-6-19(18)24-13-25-22/h4-13H,3,23H2,1-2H3,(H,24,25,26). The second kappa shape index (κ2) is 7.63. The molecule has 2 aromatic carbocycles. The molecule has 0 radical (unpaired) electrons. The molecular weight excluding hydrogens is 366 g/mol.